The molecule has 0 amide bonds. The van der Waals surface area contributed by atoms with E-state index in [1.54, 1.807) is 14.1 Å². The maximum absolute atomic E-state index is 12.0. The van der Waals surface area contributed by atoms with Gasteiger partial charge in [-0.1, -0.05) is 81.6 Å². The zero-order valence-corrected chi connectivity index (χ0v) is 35.8. The topological polar surface area (TPSA) is 160 Å². The molecule has 287 valence electrons. The van der Waals surface area contributed by atoms with Crippen LogP contribution in [-0.2, 0) is 56.6 Å². The van der Waals surface area contributed by atoms with E-state index in [1.807, 2.05) is 0 Å². The Morgan fingerprint density at radius 1 is 0.653 bits per heavy atom. The van der Waals surface area contributed by atoms with Crippen LogP contribution in [0.2, 0.25) is 0 Å². The van der Waals surface area contributed by atoms with Gasteiger partial charge < -0.3 is 19.7 Å². The summed E-state index contributed by atoms with van der Waals surface area (Å²) in [6, 6.07) is 0. The van der Waals surface area contributed by atoms with Crippen LogP contribution in [0.1, 0.15) is 120 Å². The van der Waals surface area contributed by atoms with E-state index in [0.717, 1.165) is 38.5 Å². The number of hydrogen-bond acceptors (Lipinski definition) is 9. The number of carboxylic acid groups (broad SMARTS) is 1. The Morgan fingerprint density at radius 3 is 1.27 bits per heavy atom. The van der Waals surface area contributed by atoms with Crippen molar-refractivity contribution >= 4 is 17.9 Å². The maximum atomic E-state index is 12.0. The molecule has 0 aliphatic heterocycles. The van der Waals surface area contributed by atoms with Gasteiger partial charge in [0.05, 0.1) is 24.5 Å². The number of nitrogens with one attached hydrogen (secondary N) is 2. The van der Waals surface area contributed by atoms with E-state index in [0.29, 0.717) is 60.0 Å². The third-order valence-corrected chi connectivity index (χ3v) is 10.7. The van der Waals surface area contributed by atoms with Gasteiger partial charge in [0.25, 0.3) is 0 Å². The normalized spacial score (nSPS) is 29.5. The summed E-state index contributed by atoms with van der Waals surface area (Å²) in [4.78, 5) is 34.7. The summed E-state index contributed by atoms with van der Waals surface area (Å²) >= 11 is 0. The van der Waals surface area contributed by atoms with E-state index in [2.05, 4.69) is 72.9 Å². The van der Waals surface area contributed by atoms with Gasteiger partial charge in [0.1, 0.15) is 13.5 Å². The van der Waals surface area contributed by atoms with Crippen LogP contribution in [0.25, 0.3) is 0 Å². The molecule has 10 nitrogen and oxygen atoms in total. The maximum Gasteiger partial charge on any atom is 0.310 e. The van der Waals surface area contributed by atoms with Gasteiger partial charge in [-0.05, 0) is 106 Å². The van der Waals surface area contributed by atoms with Crippen molar-refractivity contribution in [2.45, 2.75) is 120 Å². The third kappa shape index (κ3) is 19.7. The van der Waals surface area contributed by atoms with Crippen molar-refractivity contribution in [3.63, 3.8) is 0 Å². The summed E-state index contributed by atoms with van der Waals surface area (Å²) in [5.41, 5.74) is 5.25. The molecule has 3 rings (SSSR count). The molecule has 49 heavy (non-hydrogen) atoms. The summed E-state index contributed by atoms with van der Waals surface area (Å²) in [7, 11) is 3.47. The summed E-state index contributed by atoms with van der Waals surface area (Å²) in [5.74, 6) is 4.26. The second-order valence-electron chi connectivity index (χ2n) is 15.7. The monoisotopic (exact) mass is 774 g/mol. The van der Waals surface area contributed by atoms with Crippen LogP contribution in [0.5, 0.6) is 0 Å². The Morgan fingerprint density at radius 2 is 0.980 bits per heavy atom. The molecule has 3 fully saturated rings. The Bertz CT molecular complexity index is 889. The number of carboxylic acids is 1. The molecule has 0 aromatic rings. The van der Waals surface area contributed by atoms with Gasteiger partial charge >= 0.3 is 17.9 Å². The Hall–Kier alpha value is -0.646. The van der Waals surface area contributed by atoms with Gasteiger partial charge in [-0.2, -0.15) is 0 Å². The van der Waals surface area contributed by atoms with Crippen LogP contribution in [0.15, 0.2) is 0 Å². The number of nitrogens with two attached hydrogens (primary N) is 1. The largest absolute Gasteiger partial charge is 0.481 e. The standard InChI is InChI=1S/C13H25NO2.C12H23NO2.C11H20O2.C2H7NO.Y/c1-9(2)11-6-5-10(3)7-12(11)13(15)16-8-14-4;1-8(2)10-5-4-9(3)6-11(10)12(14)15-7-13;1-7(2)9-5-4-8(3)6-10(9)11(12)13;1-3-2-4;/h9-12,14H,5-8H2,1-4H3;8-11H,4-7,13H2,1-3H3;7-10H,4-6H2,1-3H3,(H,12,13);3-4H,2H2,1H3;/t10-,11+,12-;9-,10+,11-;8-,9+,10-;;/m111../s1. The summed E-state index contributed by atoms with van der Waals surface area (Å²) in [6.45, 7) is 20.1. The number of carbonyl (C=O) groups is 3. The molecule has 0 unspecified atom stereocenters. The number of carbonyl (C=O) groups excluding carboxylic acids is 2. The smallest absolute Gasteiger partial charge is 0.310 e. The number of aliphatic hydroxyl groups is 1. The molecule has 0 aromatic carbocycles. The van der Waals surface area contributed by atoms with Crippen LogP contribution < -0.4 is 16.4 Å². The van der Waals surface area contributed by atoms with Gasteiger partial charge in [0.15, 0.2) is 0 Å². The molecule has 11 heteroatoms. The van der Waals surface area contributed by atoms with E-state index in [1.165, 1.54) is 19.3 Å². The number of rotatable bonds is 10. The molecule has 1 radical (unpaired) electrons. The molecule has 0 heterocycles. The van der Waals surface area contributed by atoms with Crippen LogP contribution in [0.4, 0.5) is 0 Å². The van der Waals surface area contributed by atoms with Gasteiger partial charge in [-0.25, -0.2) is 0 Å². The van der Waals surface area contributed by atoms with Crippen molar-refractivity contribution in [2.24, 2.45) is 76.7 Å². The van der Waals surface area contributed by atoms with Crippen molar-refractivity contribution in [2.75, 3.05) is 34.3 Å². The zero-order chi connectivity index (χ0) is 37.0. The van der Waals surface area contributed by atoms with Gasteiger partial charge in [0.2, 0.25) is 0 Å². The van der Waals surface area contributed by atoms with Crippen molar-refractivity contribution < 1.29 is 66.8 Å². The van der Waals surface area contributed by atoms with Gasteiger partial charge in [-0.15, -0.1) is 0 Å². The minimum Gasteiger partial charge on any atom is -0.481 e. The summed E-state index contributed by atoms with van der Waals surface area (Å²) < 4.78 is 10.2. The van der Waals surface area contributed by atoms with Crippen molar-refractivity contribution in [3.05, 3.63) is 0 Å². The van der Waals surface area contributed by atoms with E-state index in [9.17, 15) is 14.4 Å². The number of ether oxygens (including phenoxy) is 2. The second kappa shape index (κ2) is 27.9. The first-order valence-electron chi connectivity index (χ1n) is 18.7. The molecule has 9 atom stereocenters. The zero-order valence-electron chi connectivity index (χ0n) is 33.0. The molecule has 3 aliphatic carbocycles. The molecule has 0 spiro atoms. The first-order valence-corrected chi connectivity index (χ1v) is 18.7. The molecule has 0 bridgehead atoms. The van der Waals surface area contributed by atoms with Crippen molar-refractivity contribution in [1.29, 1.82) is 0 Å². The fourth-order valence-corrected chi connectivity index (χ4v) is 7.87. The van der Waals surface area contributed by atoms with E-state index in [4.69, 9.17) is 25.4 Å². The molecular weight excluding hydrogens is 699 g/mol. The van der Waals surface area contributed by atoms with E-state index in [-0.39, 0.29) is 75.9 Å². The van der Waals surface area contributed by atoms with Crippen LogP contribution >= 0.6 is 0 Å². The Labute approximate surface area is 324 Å². The van der Waals surface area contributed by atoms with Crippen LogP contribution in [0, 0.1) is 71.0 Å². The van der Waals surface area contributed by atoms with Gasteiger partial charge in [0, 0.05) is 32.7 Å². The minimum absolute atomic E-state index is 0. The quantitative estimate of drug-likeness (QED) is 0.123. The number of aliphatic carboxylic acids is 1. The summed E-state index contributed by atoms with van der Waals surface area (Å²) in [6.07, 6.45) is 9.91. The third-order valence-electron chi connectivity index (χ3n) is 10.7. The number of esters is 2. The second-order valence-corrected chi connectivity index (χ2v) is 15.7. The molecular formula is C38H75N3O7Y. The minimum atomic E-state index is -0.592. The SMILES string of the molecule is CC(C)[C@@H]1CC[C@@H](C)C[C@H]1C(=O)O.CC(C)[C@@H]1CC[C@@H](C)C[C@H]1C(=O)OCN.CNCO.CNCOC(=O)[C@@H]1C[C@H](C)CC[C@H]1C(C)C.[Y]. The van der Waals surface area contributed by atoms with Gasteiger partial charge in [-0.3, -0.25) is 30.8 Å². The first kappa shape index (κ1) is 50.5. The molecule has 6 N–H and O–H groups in total. The first-order chi connectivity index (χ1) is 22.5. The molecule has 3 saturated carbocycles. The number of hydrogen-bond donors (Lipinski definition) is 5. The van der Waals surface area contributed by atoms with E-state index < -0.39 is 5.97 Å². The predicted octanol–water partition coefficient (Wildman–Crippen LogP) is 6.50. The molecule has 3 aliphatic rings. The Kier molecular flexibility index (Phi) is 28.8. The molecule has 0 aromatic heterocycles. The van der Waals surface area contributed by atoms with Crippen LogP contribution in [-0.4, -0.2) is 62.4 Å². The summed E-state index contributed by atoms with van der Waals surface area (Å²) in [5, 5.41) is 22.2. The average Bonchev–Trinajstić information content (AvgIpc) is 3.03. The van der Waals surface area contributed by atoms with Crippen molar-refractivity contribution in [1.82, 2.24) is 10.6 Å². The van der Waals surface area contributed by atoms with E-state index >= 15 is 0 Å². The number of aliphatic hydroxyl groups excluding tert-OH is 1. The fourth-order valence-electron chi connectivity index (χ4n) is 7.87. The van der Waals surface area contributed by atoms with Crippen molar-refractivity contribution in [3.8, 4) is 0 Å². The fraction of sp³-hybridized carbons (Fsp3) is 0.921. The Balaban J connectivity index is 0. The molecule has 0 saturated heterocycles. The average molecular weight is 775 g/mol. The van der Waals surface area contributed by atoms with Crippen LogP contribution in [0.3, 0.4) is 0 Å². The predicted molar refractivity (Wildman–Crippen MR) is 193 cm³/mol.